The molecule has 0 aliphatic carbocycles. The number of ether oxygens (including phenoxy) is 1. The first-order valence-corrected chi connectivity index (χ1v) is 6.84. The topological polar surface area (TPSA) is 35.2 Å². The van der Waals surface area contributed by atoms with Crippen molar-refractivity contribution in [1.29, 1.82) is 0 Å². The Morgan fingerprint density at radius 3 is 2.55 bits per heavy atom. The number of hydrogen-bond donors (Lipinski definition) is 1. The lowest BCUT2D eigenvalue weighted by Gasteiger charge is -2.15. The van der Waals surface area contributed by atoms with Gasteiger partial charge in [0, 0.05) is 11.6 Å². The average Bonchev–Trinajstić information content (AvgIpc) is 2.44. The van der Waals surface area contributed by atoms with Gasteiger partial charge in [-0.05, 0) is 40.0 Å². The molecule has 0 saturated carbocycles. The minimum atomic E-state index is -0.630. The van der Waals surface area contributed by atoms with E-state index in [2.05, 4.69) is 15.9 Å². The first kappa shape index (κ1) is 14.9. The van der Waals surface area contributed by atoms with Crippen LogP contribution in [0.2, 0.25) is 0 Å². The van der Waals surface area contributed by atoms with Gasteiger partial charge >= 0.3 is 0 Å². The van der Waals surface area contributed by atoms with Crippen molar-refractivity contribution < 1.29 is 13.5 Å². The van der Waals surface area contributed by atoms with Crippen molar-refractivity contribution in [2.45, 2.75) is 12.5 Å². The molecule has 0 bridgehead atoms. The lowest BCUT2D eigenvalue weighted by atomic mass is 9.98. The highest BCUT2D eigenvalue weighted by atomic mass is 79.9. The highest BCUT2D eigenvalue weighted by Gasteiger charge is 2.17. The van der Waals surface area contributed by atoms with Gasteiger partial charge in [0.1, 0.15) is 5.82 Å². The number of nitrogens with two attached hydrogens (primary N) is 1. The molecule has 2 nitrogen and oxygen atoms in total. The fraction of sp³-hybridized carbons (Fsp3) is 0.200. The van der Waals surface area contributed by atoms with Gasteiger partial charge in [-0.25, -0.2) is 8.78 Å². The van der Waals surface area contributed by atoms with Crippen LogP contribution in [0.5, 0.6) is 5.75 Å². The fourth-order valence-electron chi connectivity index (χ4n) is 2.03. The number of methoxy groups -OCH3 is 1. The molecule has 2 rings (SSSR count). The monoisotopic (exact) mass is 341 g/mol. The van der Waals surface area contributed by atoms with Gasteiger partial charge in [0.2, 0.25) is 0 Å². The molecule has 0 aliphatic rings. The molecule has 20 heavy (non-hydrogen) atoms. The van der Waals surface area contributed by atoms with E-state index in [0.29, 0.717) is 15.6 Å². The van der Waals surface area contributed by atoms with Gasteiger partial charge in [-0.15, -0.1) is 0 Å². The zero-order chi connectivity index (χ0) is 14.7. The van der Waals surface area contributed by atoms with E-state index in [0.717, 1.165) is 0 Å². The zero-order valence-corrected chi connectivity index (χ0v) is 12.5. The molecule has 0 aliphatic heterocycles. The molecular formula is C15H14BrF2NO. The van der Waals surface area contributed by atoms with E-state index in [1.54, 1.807) is 30.3 Å². The van der Waals surface area contributed by atoms with Gasteiger partial charge < -0.3 is 10.5 Å². The van der Waals surface area contributed by atoms with Crippen LogP contribution in [-0.2, 0) is 6.42 Å². The number of hydrogen-bond acceptors (Lipinski definition) is 2. The summed E-state index contributed by atoms with van der Waals surface area (Å²) in [5, 5.41) is 0. The standard InChI is InChI=1S/C15H14BrF2NO/c1-20-13-7-2-4-9(14(13)17)8-12(19)10-5-3-6-11(16)15(10)18/h2-7,12H,8,19H2,1H3. The SMILES string of the molecule is COc1cccc(CC(N)c2cccc(Br)c2F)c1F. The van der Waals surface area contributed by atoms with Gasteiger partial charge in [0.05, 0.1) is 11.6 Å². The predicted molar refractivity (Wildman–Crippen MR) is 77.7 cm³/mol. The Bertz CT molecular complexity index is 619. The van der Waals surface area contributed by atoms with Crippen LogP contribution in [0.25, 0.3) is 0 Å². The summed E-state index contributed by atoms with van der Waals surface area (Å²) in [7, 11) is 1.40. The summed E-state index contributed by atoms with van der Waals surface area (Å²) in [4.78, 5) is 0. The minimum Gasteiger partial charge on any atom is -0.494 e. The summed E-state index contributed by atoms with van der Waals surface area (Å²) in [5.41, 5.74) is 6.74. The highest BCUT2D eigenvalue weighted by Crippen LogP contribution is 2.27. The van der Waals surface area contributed by atoms with Crippen LogP contribution in [0.15, 0.2) is 40.9 Å². The van der Waals surface area contributed by atoms with Gasteiger partial charge in [-0.3, -0.25) is 0 Å². The Balaban J connectivity index is 2.28. The molecule has 0 fully saturated rings. The Hall–Kier alpha value is -1.46. The quantitative estimate of drug-likeness (QED) is 0.912. The van der Waals surface area contributed by atoms with Crippen molar-refractivity contribution in [2.75, 3.05) is 7.11 Å². The molecule has 2 aromatic carbocycles. The van der Waals surface area contributed by atoms with E-state index >= 15 is 0 Å². The van der Waals surface area contributed by atoms with Gasteiger partial charge in [0.15, 0.2) is 11.6 Å². The normalized spacial score (nSPS) is 12.2. The van der Waals surface area contributed by atoms with Crippen LogP contribution in [0.1, 0.15) is 17.2 Å². The Kier molecular flexibility index (Phi) is 4.73. The third-order valence-electron chi connectivity index (χ3n) is 3.08. The average molecular weight is 342 g/mol. The molecule has 1 atom stereocenters. The second kappa shape index (κ2) is 6.33. The second-order valence-corrected chi connectivity index (χ2v) is 5.24. The Morgan fingerprint density at radius 1 is 1.15 bits per heavy atom. The van der Waals surface area contributed by atoms with Crippen molar-refractivity contribution in [3.8, 4) is 5.75 Å². The van der Waals surface area contributed by atoms with E-state index in [1.807, 2.05) is 0 Å². The van der Waals surface area contributed by atoms with Crippen molar-refractivity contribution in [3.05, 3.63) is 63.6 Å². The van der Waals surface area contributed by atoms with Crippen LogP contribution in [0.3, 0.4) is 0 Å². The van der Waals surface area contributed by atoms with Crippen molar-refractivity contribution in [1.82, 2.24) is 0 Å². The molecular weight excluding hydrogens is 328 g/mol. The number of halogens is 3. The highest BCUT2D eigenvalue weighted by molar-refractivity contribution is 9.10. The fourth-order valence-corrected chi connectivity index (χ4v) is 2.41. The Labute approximate surface area is 124 Å². The molecule has 1 unspecified atom stereocenters. The number of rotatable bonds is 4. The van der Waals surface area contributed by atoms with Crippen molar-refractivity contribution in [3.63, 3.8) is 0 Å². The molecule has 0 saturated heterocycles. The van der Waals surface area contributed by atoms with E-state index in [9.17, 15) is 8.78 Å². The third-order valence-corrected chi connectivity index (χ3v) is 3.70. The third kappa shape index (κ3) is 2.99. The van der Waals surface area contributed by atoms with E-state index in [1.165, 1.54) is 13.2 Å². The summed E-state index contributed by atoms with van der Waals surface area (Å²) >= 11 is 3.11. The molecule has 2 N–H and O–H groups in total. The summed E-state index contributed by atoms with van der Waals surface area (Å²) in [6.07, 6.45) is 0.191. The number of benzene rings is 2. The van der Waals surface area contributed by atoms with Crippen LogP contribution < -0.4 is 10.5 Å². The van der Waals surface area contributed by atoms with Crippen LogP contribution in [0.4, 0.5) is 8.78 Å². The molecule has 2 aromatic rings. The lowest BCUT2D eigenvalue weighted by molar-refractivity contribution is 0.383. The molecule has 5 heteroatoms. The Morgan fingerprint density at radius 2 is 1.85 bits per heavy atom. The summed E-state index contributed by atoms with van der Waals surface area (Å²) in [6.45, 7) is 0. The zero-order valence-electron chi connectivity index (χ0n) is 10.9. The maximum atomic E-state index is 14.0. The summed E-state index contributed by atoms with van der Waals surface area (Å²) in [5.74, 6) is -0.714. The molecule has 0 radical (unpaired) electrons. The first-order chi connectivity index (χ1) is 9.54. The van der Waals surface area contributed by atoms with Crippen molar-refractivity contribution >= 4 is 15.9 Å². The van der Waals surface area contributed by atoms with E-state index < -0.39 is 17.7 Å². The van der Waals surface area contributed by atoms with Gasteiger partial charge in [-0.2, -0.15) is 0 Å². The smallest absolute Gasteiger partial charge is 0.168 e. The van der Waals surface area contributed by atoms with Gasteiger partial charge in [0.25, 0.3) is 0 Å². The van der Waals surface area contributed by atoms with Crippen molar-refractivity contribution in [2.24, 2.45) is 5.73 Å². The molecule has 0 aromatic heterocycles. The first-order valence-electron chi connectivity index (χ1n) is 6.05. The van der Waals surface area contributed by atoms with Crippen LogP contribution in [0, 0.1) is 11.6 Å². The second-order valence-electron chi connectivity index (χ2n) is 4.39. The molecule has 0 heterocycles. The maximum absolute atomic E-state index is 14.0. The largest absolute Gasteiger partial charge is 0.494 e. The maximum Gasteiger partial charge on any atom is 0.168 e. The van der Waals surface area contributed by atoms with Gasteiger partial charge in [-0.1, -0.05) is 24.3 Å². The molecule has 106 valence electrons. The van der Waals surface area contributed by atoms with Crippen LogP contribution >= 0.6 is 15.9 Å². The molecule has 0 amide bonds. The predicted octanol–water partition coefficient (Wildman–Crippen LogP) is 3.98. The summed E-state index contributed by atoms with van der Waals surface area (Å²) in [6, 6.07) is 9.10. The lowest BCUT2D eigenvalue weighted by Crippen LogP contribution is -2.16. The minimum absolute atomic E-state index is 0.157. The van der Waals surface area contributed by atoms with E-state index in [4.69, 9.17) is 10.5 Å². The van der Waals surface area contributed by atoms with Crippen LogP contribution in [-0.4, -0.2) is 7.11 Å². The molecule has 0 spiro atoms. The van der Waals surface area contributed by atoms with E-state index in [-0.39, 0.29) is 12.2 Å². The summed E-state index contributed by atoms with van der Waals surface area (Å²) < 4.78 is 33.3.